The molecule has 36 heavy (non-hydrogen) atoms. The number of anilines is 2. The van der Waals surface area contributed by atoms with Gasteiger partial charge in [0.25, 0.3) is 0 Å². The Morgan fingerprint density at radius 3 is 2.56 bits per heavy atom. The number of para-hydroxylation sites is 4. The van der Waals surface area contributed by atoms with Crippen molar-refractivity contribution in [2.45, 2.75) is 13.3 Å². The van der Waals surface area contributed by atoms with Gasteiger partial charge in [-0.05, 0) is 42.8 Å². The predicted molar refractivity (Wildman–Crippen MR) is 138 cm³/mol. The van der Waals surface area contributed by atoms with Gasteiger partial charge in [-0.25, -0.2) is 19.7 Å². The van der Waals surface area contributed by atoms with Crippen molar-refractivity contribution in [1.29, 1.82) is 0 Å². The number of carbonyl (C=O) groups is 2. The van der Waals surface area contributed by atoms with Crippen molar-refractivity contribution in [3.63, 3.8) is 0 Å². The molecule has 2 aromatic heterocycles. The molecule has 2 amide bonds. The van der Waals surface area contributed by atoms with Crippen molar-refractivity contribution in [2.75, 3.05) is 12.0 Å². The van der Waals surface area contributed by atoms with E-state index in [0.717, 1.165) is 10.4 Å². The molecule has 5 rings (SSSR count). The molecule has 0 aliphatic heterocycles. The Morgan fingerprint density at radius 1 is 1.03 bits per heavy atom. The zero-order chi connectivity index (χ0) is 25.2. The molecule has 0 bridgehead atoms. The van der Waals surface area contributed by atoms with E-state index in [-0.39, 0.29) is 5.78 Å². The number of hydrogen-bond donors (Lipinski definition) is 1. The van der Waals surface area contributed by atoms with Gasteiger partial charge in [-0.1, -0.05) is 36.4 Å². The van der Waals surface area contributed by atoms with Gasteiger partial charge in [0.2, 0.25) is 5.89 Å². The highest BCUT2D eigenvalue weighted by Crippen LogP contribution is 2.37. The fraction of sp³-hybridized carbons (Fsp3) is 0.111. The second kappa shape index (κ2) is 9.63. The number of oxazole rings is 1. The summed E-state index contributed by atoms with van der Waals surface area (Å²) in [5.41, 5.74) is 9.08. The molecule has 0 saturated heterocycles. The topological polar surface area (TPSA) is 112 Å². The lowest BCUT2D eigenvalue weighted by Gasteiger charge is -2.22. The van der Waals surface area contributed by atoms with Crippen LogP contribution in [-0.4, -0.2) is 28.9 Å². The van der Waals surface area contributed by atoms with Gasteiger partial charge < -0.3 is 14.9 Å². The molecule has 0 atom stereocenters. The Morgan fingerprint density at radius 2 is 1.78 bits per heavy atom. The highest BCUT2D eigenvalue weighted by atomic mass is 32.1. The molecule has 0 saturated carbocycles. The lowest BCUT2D eigenvalue weighted by molar-refractivity contribution is 0.103. The Labute approximate surface area is 211 Å². The molecule has 0 fully saturated rings. The quantitative estimate of drug-likeness (QED) is 0.291. The number of carbonyl (C=O) groups excluding carboxylic acids is 2. The summed E-state index contributed by atoms with van der Waals surface area (Å²) < 4.78 is 11.2. The lowest BCUT2D eigenvalue weighted by atomic mass is 9.98. The molecular weight excluding hydrogens is 476 g/mol. The van der Waals surface area contributed by atoms with E-state index in [1.807, 2.05) is 37.3 Å². The molecule has 0 radical (unpaired) electrons. The van der Waals surface area contributed by atoms with Gasteiger partial charge in [0, 0.05) is 16.6 Å². The van der Waals surface area contributed by atoms with Gasteiger partial charge in [0.15, 0.2) is 16.5 Å². The van der Waals surface area contributed by atoms with E-state index in [1.165, 1.54) is 23.3 Å². The average Bonchev–Trinajstić information content (AvgIpc) is 3.51. The van der Waals surface area contributed by atoms with Gasteiger partial charge in [-0.3, -0.25) is 4.79 Å². The Bertz CT molecular complexity index is 1560. The molecule has 9 heteroatoms. The molecule has 180 valence electrons. The first kappa shape index (κ1) is 23.3. The second-order valence-corrected chi connectivity index (χ2v) is 9.13. The van der Waals surface area contributed by atoms with Crippen LogP contribution in [0.25, 0.3) is 11.1 Å². The minimum absolute atomic E-state index is 0.291. The van der Waals surface area contributed by atoms with E-state index < -0.39 is 6.03 Å². The van der Waals surface area contributed by atoms with E-state index in [4.69, 9.17) is 14.9 Å². The van der Waals surface area contributed by atoms with Crippen molar-refractivity contribution in [3.05, 3.63) is 100 Å². The summed E-state index contributed by atoms with van der Waals surface area (Å²) in [6.45, 7) is 1.82. The summed E-state index contributed by atoms with van der Waals surface area (Å²) in [5, 5.41) is 0.344. The number of aromatic nitrogens is 2. The first-order valence-corrected chi connectivity index (χ1v) is 11.9. The first-order valence-electron chi connectivity index (χ1n) is 11.1. The number of aryl methyl sites for hydroxylation is 1. The van der Waals surface area contributed by atoms with Crippen LogP contribution in [0.4, 0.5) is 15.6 Å². The molecule has 0 unspecified atom stereocenters. The zero-order valence-corrected chi connectivity index (χ0v) is 20.4. The molecule has 2 N–H and O–H groups in total. The van der Waals surface area contributed by atoms with Gasteiger partial charge in [-0.15, -0.1) is 11.3 Å². The second-order valence-electron chi connectivity index (χ2n) is 8.04. The summed E-state index contributed by atoms with van der Waals surface area (Å²) in [6.07, 6.45) is 2.06. The van der Waals surface area contributed by atoms with E-state index in [9.17, 15) is 9.59 Å². The van der Waals surface area contributed by atoms with Crippen molar-refractivity contribution >= 4 is 45.1 Å². The van der Waals surface area contributed by atoms with Crippen molar-refractivity contribution < 1.29 is 18.7 Å². The van der Waals surface area contributed by atoms with E-state index in [2.05, 4.69) is 9.97 Å². The van der Waals surface area contributed by atoms with E-state index in [0.29, 0.717) is 51.2 Å². The SMILES string of the molecule is COc1ccccc1C(=O)c1cccc(C)c1N(C(N)=O)c1ncc(Cc2nc3ccccc3o2)s1. The molecule has 3 aromatic carbocycles. The fourth-order valence-electron chi connectivity index (χ4n) is 4.04. The number of urea groups is 1. The highest BCUT2D eigenvalue weighted by molar-refractivity contribution is 7.15. The van der Waals surface area contributed by atoms with Gasteiger partial charge in [0.1, 0.15) is 11.3 Å². The number of ketones is 1. The molecule has 8 nitrogen and oxygen atoms in total. The first-order chi connectivity index (χ1) is 17.5. The maximum absolute atomic E-state index is 13.6. The van der Waals surface area contributed by atoms with Crippen molar-refractivity contribution in [3.8, 4) is 5.75 Å². The van der Waals surface area contributed by atoms with Crippen LogP contribution in [0.5, 0.6) is 5.75 Å². The third-order valence-electron chi connectivity index (χ3n) is 5.67. The lowest BCUT2D eigenvalue weighted by Crippen LogP contribution is -2.33. The minimum Gasteiger partial charge on any atom is -0.496 e. The van der Waals surface area contributed by atoms with E-state index in [1.54, 1.807) is 42.6 Å². The third kappa shape index (κ3) is 4.32. The molecule has 2 heterocycles. The minimum atomic E-state index is -0.749. The maximum Gasteiger partial charge on any atom is 0.325 e. The average molecular weight is 499 g/mol. The Balaban J connectivity index is 1.53. The largest absolute Gasteiger partial charge is 0.496 e. The number of nitrogens with zero attached hydrogens (tertiary/aromatic N) is 3. The van der Waals surface area contributed by atoms with Crippen LogP contribution in [-0.2, 0) is 6.42 Å². The van der Waals surface area contributed by atoms with Crippen LogP contribution in [0.2, 0.25) is 0 Å². The number of amides is 2. The number of rotatable bonds is 7. The summed E-state index contributed by atoms with van der Waals surface area (Å²) in [4.78, 5) is 37.4. The molecule has 0 aliphatic rings. The monoisotopic (exact) mass is 498 g/mol. The molecular formula is C27H22N4O4S. The predicted octanol–water partition coefficient (Wildman–Crippen LogP) is 5.64. The number of ether oxygens (including phenoxy) is 1. The van der Waals surface area contributed by atoms with Crippen LogP contribution in [0.1, 0.15) is 32.3 Å². The number of methoxy groups -OCH3 is 1. The summed E-state index contributed by atoms with van der Waals surface area (Å²) >= 11 is 1.28. The van der Waals surface area contributed by atoms with Crippen molar-refractivity contribution in [1.82, 2.24) is 9.97 Å². The van der Waals surface area contributed by atoms with Crippen LogP contribution in [0.3, 0.4) is 0 Å². The van der Waals surface area contributed by atoms with Crippen molar-refractivity contribution in [2.24, 2.45) is 5.73 Å². The Kier molecular flexibility index (Phi) is 6.22. The highest BCUT2D eigenvalue weighted by Gasteiger charge is 2.27. The number of nitrogens with two attached hydrogens (primary N) is 1. The summed E-state index contributed by atoms with van der Waals surface area (Å²) in [5.74, 6) is 0.691. The number of thiazole rings is 1. The summed E-state index contributed by atoms with van der Waals surface area (Å²) in [6, 6.07) is 19.0. The van der Waals surface area contributed by atoms with Gasteiger partial charge in [-0.2, -0.15) is 0 Å². The van der Waals surface area contributed by atoms with Crippen LogP contribution < -0.4 is 15.4 Å². The van der Waals surface area contributed by atoms with E-state index >= 15 is 0 Å². The van der Waals surface area contributed by atoms with Gasteiger partial charge in [0.05, 0.1) is 24.8 Å². The normalized spacial score (nSPS) is 10.9. The van der Waals surface area contributed by atoms with Crippen LogP contribution >= 0.6 is 11.3 Å². The molecule has 0 spiro atoms. The van der Waals surface area contributed by atoms with Gasteiger partial charge >= 0.3 is 6.03 Å². The number of hydrogen-bond acceptors (Lipinski definition) is 7. The number of fused-ring (bicyclic) bond motifs is 1. The maximum atomic E-state index is 13.6. The Hall–Kier alpha value is -4.50. The van der Waals surface area contributed by atoms with Crippen LogP contribution in [0, 0.1) is 6.92 Å². The molecule has 0 aliphatic carbocycles. The fourth-order valence-corrected chi connectivity index (χ4v) is 4.96. The zero-order valence-electron chi connectivity index (χ0n) is 19.6. The summed E-state index contributed by atoms with van der Waals surface area (Å²) in [7, 11) is 1.51. The molecule has 5 aromatic rings. The standard InChI is InChI=1S/C27H22N4O4S/c1-16-8-7-10-19(25(32)18-9-3-5-12-21(18)34-2)24(16)31(26(28)33)27-29-15-17(36-27)14-23-30-20-11-4-6-13-22(20)35-23/h3-13,15H,14H2,1-2H3,(H2,28,33). The van der Waals surface area contributed by atoms with Crippen LogP contribution in [0.15, 0.2) is 77.3 Å². The number of primary amides is 1. The number of benzene rings is 3. The smallest absolute Gasteiger partial charge is 0.325 e. The third-order valence-corrected chi connectivity index (χ3v) is 6.66.